The molecule has 0 bridgehead atoms. The summed E-state index contributed by atoms with van der Waals surface area (Å²) >= 11 is 0. The molecule has 1 aromatic rings. The Balaban J connectivity index is 1.47. The largest absolute Gasteiger partial charge is 0.391 e. The zero-order chi connectivity index (χ0) is 16.7. The van der Waals surface area contributed by atoms with Crippen molar-refractivity contribution in [1.82, 2.24) is 10.2 Å². The number of para-hydroxylation sites is 1. The Morgan fingerprint density at radius 2 is 1.92 bits per heavy atom. The maximum Gasteiger partial charge on any atom is 0.325 e. The number of β-amino-alcohol motifs (C(OH)–C–C–N with tert-alkyl or cyclic N) is 1. The zero-order valence-corrected chi connectivity index (χ0v) is 13.7. The number of imide groups is 1. The third-order valence-electron chi connectivity index (χ3n) is 5.52. The van der Waals surface area contributed by atoms with Crippen LogP contribution in [-0.4, -0.2) is 53.2 Å². The number of fused-ring (bicyclic) bond motifs is 1. The van der Waals surface area contributed by atoms with Gasteiger partial charge in [-0.05, 0) is 24.5 Å². The average molecular weight is 329 g/mol. The first-order valence-corrected chi connectivity index (χ1v) is 8.74. The molecule has 1 saturated carbocycles. The highest BCUT2D eigenvalue weighted by atomic mass is 16.3. The Bertz CT molecular complexity index is 669. The summed E-state index contributed by atoms with van der Waals surface area (Å²) in [6.07, 6.45) is 3.72. The third kappa shape index (κ3) is 2.45. The van der Waals surface area contributed by atoms with Crippen molar-refractivity contribution >= 4 is 17.6 Å². The fourth-order valence-electron chi connectivity index (χ4n) is 4.29. The number of carbonyl (C=O) groups excluding carboxylic acids is 2. The lowest BCUT2D eigenvalue weighted by Gasteiger charge is -2.34. The van der Waals surface area contributed by atoms with Gasteiger partial charge in [0.2, 0.25) is 0 Å². The van der Waals surface area contributed by atoms with Crippen molar-refractivity contribution in [3.63, 3.8) is 0 Å². The quantitative estimate of drug-likeness (QED) is 0.819. The first-order valence-electron chi connectivity index (χ1n) is 8.74. The number of carbonyl (C=O) groups is 2. The van der Waals surface area contributed by atoms with Crippen LogP contribution >= 0.6 is 0 Å². The van der Waals surface area contributed by atoms with E-state index in [0.29, 0.717) is 26.1 Å². The molecule has 24 heavy (non-hydrogen) atoms. The standard InChI is InChI=1S/C18H23N3O3/c22-14-11-13-5-1-2-6-15(13)20(12-14)9-10-21-16(23)18(19-17(21)24)7-3-4-8-18/h1-2,5-6,14,22H,3-4,7-12H2,(H,19,24). The number of benzene rings is 1. The van der Waals surface area contributed by atoms with Crippen LogP contribution in [-0.2, 0) is 11.2 Å². The van der Waals surface area contributed by atoms with Gasteiger partial charge in [0.15, 0.2) is 0 Å². The lowest BCUT2D eigenvalue weighted by atomic mass is 9.98. The summed E-state index contributed by atoms with van der Waals surface area (Å²) < 4.78 is 0. The maximum absolute atomic E-state index is 12.7. The molecule has 0 radical (unpaired) electrons. The summed E-state index contributed by atoms with van der Waals surface area (Å²) in [6.45, 7) is 1.43. The number of aliphatic hydroxyl groups is 1. The van der Waals surface area contributed by atoms with E-state index in [9.17, 15) is 14.7 Å². The van der Waals surface area contributed by atoms with Crippen molar-refractivity contribution in [2.24, 2.45) is 0 Å². The summed E-state index contributed by atoms with van der Waals surface area (Å²) in [5.74, 6) is -0.0733. The van der Waals surface area contributed by atoms with E-state index in [-0.39, 0.29) is 11.9 Å². The predicted octanol–water partition coefficient (Wildman–Crippen LogP) is 1.27. The van der Waals surface area contributed by atoms with Crippen LogP contribution in [0.2, 0.25) is 0 Å². The number of nitrogens with one attached hydrogen (secondary N) is 1. The zero-order valence-electron chi connectivity index (χ0n) is 13.7. The molecule has 3 amide bonds. The van der Waals surface area contributed by atoms with E-state index in [1.165, 1.54) is 4.90 Å². The number of aliphatic hydroxyl groups excluding tert-OH is 1. The molecule has 6 heteroatoms. The monoisotopic (exact) mass is 329 g/mol. The topological polar surface area (TPSA) is 72.9 Å². The van der Waals surface area contributed by atoms with Crippen LogP contribution < -0.4 is 10.2 Å². The van der Waals surface area contributed by atoms with Gasteiger partial charge in [0.25, 0.3) is 5.91 Å². The van der Waals surface area contributed by atoms with E-state index in [0.717, 1.165) is 36.9 Å². The fourth-order valence-corrected chi connectivity index (χ4v) is 4.29. The van der Waals surface area contributed by atoms with E-state index in [1.54, 1.807) is 0 Å². The minimum Gasteiger partial charge on any atom is -0.391 e. The molecule has 2 fully saturated rings. The van der Waals surface area contributed by atoms with Gasteiger partial charge < -0.3 is 15.3 Å². The van der Waals surface area contributed by atoms with E-state index >= 15 is 0 Å². The lowest BCUT2D eigenvalue weighted by Crippen LogP contribution is -2.46. The maximum atomic E-state index is 12.7. The SMILES string of the molecule is O=C1NC2(CCCC2)C(=O)N1CCN1CC(O)Cc2ccccc21. The van der Waals surface area contributed by atoms with Crippen LogP contribution in [0, 0.1) is 0 Å². The van der Waals surface area contributed by atoms with Crippen LogP contribution in [0.3, 0.4) is 0 Å². The van der Waals surface area contributed by atoms with E-state index < -0.39 is 11.6 Å². The Kier molecular flexibility index (Phi) is 3.72. The highest BCUT2D eigenvalue weighted by Crippen LogP contribution is 2.35. The number of nitrogens with zero attached hydrogens (tertiary/aromatic N) is 2. The minimum absolute atomic E-state index is 0.0733. The second-order valence-electron chi connectivity index (χ2n) is 7.11. The van der Waals surface area contributed by atoms with Crippen LogP contribution in [0.4, 0.5) is 10.5 Å². The van der Waals surface area contributed by atoms with Crippen LogP contribution in [0.5, 0.6) is 0 Å². The van der Waals surface area contributed by atoms with E-state index in [1.807, 2.05) is 24.3 Å². The number of anilines is 1. The van der Waals surface area contributed by atoms with Gasteiger partial charge in [0, 0.05) is 31.7 Å². The predicted molar refractivity (Wildman–Crippen MR) is 89.8 cm³/mol. The molecule has 1 unspecified atom stereocenters. The number of amides is 3. The molecule has 6 nitrogen and oxygen atoms in total. The first-order chi connectivity index (χ1) is 11.6. The third-order valence-corrected chi connectivity index (χ3v) is 5.52. The highest BCUT2D eigenvalue weighted by molar-refractivity contribution is 6.07. The normalized spacial score (nSPS) is 25.3. The van der Waals surface area contributed by atoms with Crippen molar-refractivity contribution in [3.8, 4) is 0 Å². The molecule has 4 rings (SSSR count). The second-order valence-corrected chi connectivity index (χ2v) is 7.11. The lowest BCUT2D eigenvalue weighted by molar-refractivity contribution is -0.131. The minimum atomic E-state index is -0.642. The van der Waals surface area contributed by atoms with Gasteiger partial charge in [0.05, 0.1) is 6.10 Å². The molecular formula is C18H23N3O3. The molecular weight excluding hydrogens is 306 g/mol. The fraction of sp³-hybridized carbons (Fsp3) is 0.556. The van der Waals surface area contributed by atoms with Crippen molar-refractivity contribution in [3.05, 3.63) is 29.8 Å². The van der Waals surface area contributed by atoms with E-state index in [2.05, 4.69) is 10.2 Å². The summed E-state index contributed by atoms with van der Waals surface area (Å²) in [5.41, 5.74) is 1.56. The second kappa shape index (κ2) is 5.77. The molecule has 2 aliphatic heterocycles. The van der Waals surface area contributed by atoms with Crippen molar-refractivity contribution in [2.75, 3.05) is 24.5 Å². The Morgan fingerprint density at radius 1 is 1.17 bits per heavy atom. The van der Waals surface area contributed by atoms with Gasteiger partial charge in [-0.25, -0.2) is 4.79 Å². The number of urea groups is 1. The highest BCUT2D eigenvalue weighted by Gasteiger charge is 2.52. The van der Waals surface area contributed by atoms with Gasteiger partial charge in [-0.1, -0.05) is 31.0 Å². The number of hydrogen-bond acceptors (Lipinski definition) is 4. The molecule has 0 aromatic heterocycles. The summed E-state index contributed by atoms with van der Waals surface area (Å²) in [4.78, 5) is 28.4. The molecule has 1 aromatic carbocycles. The molecule has 128 valence electrons. The average Bonchev–Trinajstić information content (AvgIpc) is 3.12. The molecule has 2 N–H and O–H groups in total. The first kappa shape index (κ1) is 15.4. The van der Waals surface area contributed by atoms with E-state index in [4.69, 9.17) is 0 Å². The van der Waals surface area contributed by atoms with Crippen LogP contribution in [0.25, 0.3) is 0 Å². The molecule has 1 atom stereocenters. The van der Waals surface area contributed by atoms with Gasteiger partial charge in [0.1, 0.15) is 5.54 Å². The molecule has 2 heterocycles. The van der Waals surface area contributed by atoms with Gasteiger partial charge in [-0.2, -0.15) is 0 Å². The van der Waals surface area contributed by atoms with Crippen molar-refractivity contribution in [2.45, 2.75) is 43.7 Å². The summed E-state index contributed by atoms with van der Waals surface area (Å²) in [7, 11) is 0. The van der Waals surface area contributed by atoms with Gasteiger partial charge in [-0.3, -0.25) is 9.69 Å². The Morgan fingerprint density at radius 3 is 2.71 bits per heavy atom. The molecule has 1 saturated heterocycles. The van der Waals surface area contributed by atoms with Gasteiger partial charge >= 0.3 is 6.03 Å². The number of hydrogen-bond donors (Lipinski definition) is 2. The summed E-state index contributed by atoms with van der Waals surface area (Å²) in [5, 5.41) is 13.0. The van der Waals surface area contributed by atoms with Crippen LogP contribution in [0.15, 0.2) is 24.3 Å². The summed E-state index contributed by atoms with van der Waals surface area (Å²) in [6, 6.07) is 7.73. The molecule has 1 spiro atoms. The Hall–Kier alpha value is -2.08. The molecule has 3 aliphatic rings. The Labute approximate surface area is 141 Å². The van der Waals surface area contributed by atoms with Gasteiger partial charge in [-0.15, -0.1) is 0 Å². The smallest absolute Gasteiger partial charge is 0.325 e. The van der Waals surface area contributed by atoms with Crippen LogP contribution in [0.1, 0.15) is 31.2 Å². The molecule has 1 aliphatic carbocycles. The van der Waals surface area contributed by atoms with Crippen molar-refractivity contribution < 1.29 is 14.7 Å². The number of rotatable bonds is 3. The van der Waals surface area contributed by atoms with Crippen molar-refractivity contribution in [1.29, 1.82) is 0 Å².